The van der Waals surface area contributed by atoms with Crippen molar-refractivity contribution < 1.29 is 24.1 Å². The molecule has 7 heteroatoms. The molecule has 140 valence electrons. The van der Waals surface area contributed by atoms with E-state index < -0.39 is 5.79 Å². The normalized spacial score (nSPS) is 14.3. The summed E-state index contributed by atoms with van der Waals surface area (Å²) in [6, 6.07) is 8.32. The Morgan fingerprint density at radius 2 is 1.54 bits per heavy atom. The van der Waals surface area contributed by atoms with Crippen molar-refractivity contribution in [3.63, 3.8) is 0 Å². The van der Waals surface area contributed by atoms with Crippen LogP contribution in [0.25, 0.3) is 0 Å². The molecule has 0 aliphatic carbocycles. The number of hydrogen-bond donors (Lipinski definition) is 1. The Bertz CT molecular complexity index is 768. The van der Waals surface area contributed by atoms with Gasteiger partial charge in [-0.2, -0.15) is 0 Å². The first-order chi connectivity index (χ1) is 12.3. The van der Waals surface area contributed by atoms with Crippen molar-refractivity contribution in [2.75, 3.05) is 13.2 Å². The van der Waals surface area contributed by atoms with E-state index in [9.17, 15) is 5.11 Å². The smallest absolute Gasteiger partial charge is 0.246 e. The zero-order valence-electron chi connectivity index (χ0n) is 14.6. The Morgan fingerprint density at radius 1 is 0.923 bits per heavy atom. The summed E-state index contributed by atoms with van der Waals surface area (Å²) in [5.41, 5.74) is 0. The highest BCUT2D eigenvalue weighted by Crippen LogP contribution is 2.41. The van der Waals surface area contributed by atoms with Gasteiger partial charge in [0.25, 0.3) is 0 Å². The average molecular weight is 399 g/mol. The second-order valence-corrected chi connectivity index (χ2v) is 7.17. The van der Waals surface area contributed by atoms with Gasteiger partial charge in [0.05, 0.1) is 23.3 Å². The molecule has 0 radical (unpaired) electrons. The summed E-state index contributed by atoms with van der Waals surface area (Å²) in [6.45, 7) is 4.71. The molecule has 26 heavy (non-hydrogen) atoms. The Morgan fingerprint density at radius 3 is 2.23 bits per heavy atom. The molecule has 0 fully saturated rings. The van der Waals surface area contributed by atoms with Crippen LogP contribution in [0.4, 0.5) is 0 Å². The quantitative estimate of drug-likeness (QED) is 0.628. The molecule has 1 aliphatic heterocycles. The van der Waals surface area contributed by atoms with E-state index in [4.69, 9.17) is 42.1 Å². The molecular formula is C19H20Cl2O5. The number of phenolic OH excluding ortho intramolecular Hbond substituents is 1. The van der Waals surface area contributed by atoms with Crippen LogP contribution in [0.3, 0.4) is 0 Å². The number of aromatic hydroxyl groups is 1. The molecular weight excluding hydrogens is 379 g/mol. The molecule has 2 aromatic carbocycles. The lowest BCUT2D eigenvalue weighted by atomic mass is 10.3. The summed E-state index contributed by atoms with van der Waals surface area (Å²) in [6.07, 6.45) is 1.57. The van der Waals surface area contributed by atoms with Gasteiger partial charge in [0.2, 0.25) is 5.79 Å². The highest BCUT2D eigenvalue weighted by atomic mass is 35.5. The number of unbranched alkanes of at least 4 members (excludes halogenated alkanes) is 1. The molecule has 0 spiro atoms. The summed E-state index contributed by atoms with van der Waals surface area (Å²) < 4.78 is 22.7. The van der Waals surface area contributed by atoms with Gasteiger partial charge in [0.1, 0.15) is 11.5 Å². The number of halogens is 2. The molecule has 0 unspecified atom stereocenters. The van der Waals surface area contributed by atoms with Crippen molar-refractivity contribution in [1.29, 1.82) is 0 Å². The molecule has 3 rings (SSSR count). The second kappa shape index (κ2) is 7.72. The molecule has 1 aliphatic rings. The Kier molecular flexibility index (Phi) is 5.58. The first kappa shape index (κ1) is 18.8. The number of hydrogen-bond acceptors (Lipinski definition) is 5. The van der Waals surface area contributed by atoms with E-state index in [1.54, 1.807) is 0 Å². The highest BCUT2D eigenvalue weighted by Gasteiger charge is 2.31. The van der Waals surface area contributed by atoms with Crippen LogP contribution in [0.15, 0.2) is 30.3 Å². The fourth-order valence-electron chi connectivity index (χ4n) is 2.55. The maximum atomic E-state index is 9.40. The largest absolute Gasteiger partial charge is 0.508 e. The van der Waals surface area contributed by atoms with E-state index in [1.165, 1.54) is 12.1 Å². The van der Waals surface area contributed by atoms with Crippen molar-refractivity contribution >= 4 is 23.2 Å². The van der Waals surface area contributed by atoms with Crippen molar-refractivity contribution in [3.05, 3.63) is 40.4 Å². The minimum absolute atomic E-state index is 0.00728. The number of ether oxygens (including phenoxy) is 4. The highest BCUT2D eigenvalue weighted by molar-refractivity contribution is 6.37. The predicted molar refractivity (Wildman–Crippen MR) is 100 cm³/mol. The van der Waals surface area contributed by atoms with E-state index in [2.05, 4.69) is 0 Å². The average Bonchev–Trinajstić information content (AvgIpc) is 2.85. The predicted octanol–water partition coefficient (Wildman–Crippen LogP) is 5.44. The van der Waals surface area contributed by atoms with Gasteiger partial charge in [-0.1, -0.05) is 23.2 Å². The third kappa shape index (κ3) is 4.59. The van der Waals surface area contributed by atoms with Crippen LogP contribution in [-0.4, -0.2) is 24.1 Å². The van der Waals surface area contributed by atoms with Gasteiger partial charge in [-0.05, 0) is 25.0 Å². The van der Waals surface area contributed by atoms with Gasteiger partial charge in [-0.15, -0.1) is 0 Å². The zero-order chi connectivity index (χ0) is 18.7. The molecule has 1 N–H and O–H groups in total. The summed E-state index contributed by atoms with van der Waals surface area (Å²) in [4.78, 5) is 0. The molecule has 0 saturated carbocycles. The first-order valence-corrected chi connectivity index (χ1v) is 9.05. The minimum atomic E-state index is -0.644. The summed E-state index contributed by atoms with van der Waals surface area (Å²) in [5, 5.41) is 9.97. The fourth-order valence-corrected chi connectivity index (χ4v) is 3.13. The lowest BCUT2D eigenvalue weighted by Crippen LogP contribution is -2.29. The standard InChI is InChI=1S/C19H20Cl2O5/c1-19(2)25-16-6-5-13(11-17(16)26-19)23-7-3-4-8-24-18-14(20)9-12(22)10-15(18)21/h5-6,9-11,22H,3-4,7-8H2,1-2H3. The van der Waals surface area contributed by atoms with Crippen molar-refractivity contribution in [1.82, 2.24) is 0 Å². The van der Waals surface area contributed by atoms with Crippen LogP contribution in [0.1, 0.15) is 26.7 Å². The molecule has 1 heterocycles. The third-order valence-corrected chi connectivity index (χ3v) is 4.23. The Balaban J connectivity index is 1.41. The molecule has 0 aromatic heterocycles. The number of fused-ring (bicyclic) bond motifs is 1. The lowest BCUT2D eigenvalue weighted by Gasteiger charge is -2.16. The summed E-state index contributed by atoms with van der Waals surface area (Å²) in [5.74, 6) is 1.88. The van der Waals surface area contributed by atoms with E-state index in [-0.39, 0.29) is 15.8 Å². The molecule has 2 aromatic rings. The number of rotatable bonds is 7. The van der Waals surface area contributed by atoms with Gasteiger partial charge >= 0.3 is 0 Å². The van der Waals surface area contributed by atoms with Crippen molar-refractivity contribution in [3.8, 4) is 28.7 Å². The monoisotopic (exact) mass is 398 g/mol. The first-order valence-electron chi connectivity index (χ1n) is 8.30. The van der Waals surface area contributed by atoms with Gasteiger partial charge in [0.15, 0.2) is 17.2 Å². The minimum Gasteiger partial charge on any atom is -0.508 e. The van der Waals surface area contributed by atoms with Gasteiger partial charge < -0.3 is 24.1 Å². The van der Waals surface area contributed by atoms with Gasteiger partial charge in [-0.25, -0.2) is 0 Å². The van der Waals surface area contributed by atoms with E-state index in [0.29, 0.717) is 24.7 Å². The molecule has 0 amide bonds. The van der Waals surface area contributed by atoms with E-state index >= 15 is 0 Å². The number of phenols is 1. The molecule has 5 nitrogen and oxygen atoms in total. The lowest BCUT2D eigenvalue weighted by molar-refractivity contribution is -0.0431. The van der Waals surface area contributed by atoms with Gasteiger partial charge in [-0.3, -0.25) is 0 Å². The van der Waals surface area contributed by atoms with E-state index in [1.807, 2.05) is 32.0 Å². The van der Waals surface area contributed by atoms with Crippen molar-refractivity contribution in [2.45, 2.75) is 32.5 Å². The SMILES string of the molecule is CC1(C)Oc2ccc(OCCCCOc3c(Cl)cc(O)cc3Cl)cc2O1. The maximum absolute atomic E-state index is 9.40. The number of benzene rings is 2. The fraction of sp³-hybridized carbons (Fsp3) is 0.368. The third-order valence-electron chi connectivity index (χ3n) is 3.66. The summed E-state index contributed by atoms with van der Waals surface area (Å²) >= 11 is 12.0. The second-order valence-electron chi connectivity index (χ2n) is 6.36. The van der Waals surface area contributed by atoms with Crippen LogP contribution in [0.2, 0.25) is 10.0 Å². The van der Waals surface area contributed by atoms with Crippen LogP contribution >= 0.6 is 23.2 Å². The van der Waals surface area contributed by atoms with Crippen molar-refractivity contribution in [2.24, 2.45) is 0 Å². The maximum Gasteiger partial charge on any atom is 0.246 e. The van der Waals surface area contributed by atoms with Crippen LogP contribution in [0, 0.1) is 0 Å². The van der Waals surface area contributed by atoms with Gasteiger partial charge in [0, 0.05) is 32.0 Å². The molecule has 0 bridgehead atoms. The van der Waals surface area contributed by atoms with Crippen LogP contribution in [0.5, 0.6) is 28.7 Å². The summed E-state index contributed by atoms with van der Waals surface area (Å²) in [7, 11) is 0. The Labute approximate surface area is 162 Å². The molecule has 0 saturated heterocycles. The zero-order valence-corrected chi connectivity index (χ0v) is 16.1. The topological polar surface area (TPSA) is 57.2 Å². The van der Waals surface area contributed by atoms with Crippen LogP contribution in [-0.2, 0) is 0 Å². The Hall–Kier alpha value is -1.98. The molecule has 0 atom stereocenters. The van der Waals surface area contributed by atoms with E-state index in [0.717, 1.165) is 24.3 Å². The van der Waals surface area contributed by atoms with Crippen LogP contribution < -0.4 is 18.9 Å².